The normalized spacial score (nSPS) is 17.5. The number of pyridine rings is 1. The molecule has 1 N–H and O–H groups in total. The maximum absolute atomic E-state index is 13.7. The Labute approximate surface area is 199 Å². The average molecular weight is 485 g/mol. The lowest BCUT2D eigenvalue weighted by Crippen LogP contribution is -2.44. The summed E-state index contributed by atoms with van der Waals surface area (Å²) in [5.74, 6) is -1.30. The van der Waals surface area contributed by atoms with Crippen molar-refractivity contribution in [3.63, 3.8) is 0 Å². The highest BCUT2D eigenvalue weighted by Gasteiger charge is 2.44. The van der Waals surface area contributed by atoms with Gasteiger partial charge in [0.05, 0.1) is 31.7 Å². The summed E-state index contributed by atoms with van der Waals surface area (Å²) >= 11 is 0. The molecule has 182 valence electrons. The van der Waals surface area contributed by atoms with Gasteiger partial charge in [0.15, 0.2) is 11.5 Å². The first kappa shape index (κ1) is 24.1. The number of ether oxygens (including phenoxy) is 2. The van der Waals surface area contributed by atoms with Crippen molar-refractivity contribution in [3.8, 4) is 11.5 Å². The highest BCUT2D eigenvalue weighted by molar-refractivity contribution is 6.04. The predicted octanol–water partition coefficient (Wildman–Crippen LogP) is 4.67. The highest BCUT2D eigenvalue weighted by atomic mass is 19.4. The lowest BCUT2D eigenvalue weighted by Gasteiger charge is -2.39. The monoisotopic (exact) mass is 485 g/mol. The number of anilines is 1. The van der Waals surface area contributed by atoms with Crippen LogP contribution in [0.25, 0.3) is 0 Å². The SMILES string of the molecule is COc1cc2c(cc1OC)[C@@H](C(=O)Nc1cccc(C(F)(F)F)c1)[C@@H](c1cccnc1)N(C)C2=O. The Morgan fingerprint density at radius 1 is 1.06 bits per heavy atom. The van der Waals surface area contributed by atoms with E-state index in [2.05, 4.69) is 10.3 Å². The molecule has 4 rings (SSSR count). The Kier molecular flexibility index (Phi) is 6.38. The van der Waals surface area contributed by atoms with Gasteiger partial charge in [0.25, 0.3) is 5.91 Å². The van der Waals surface area contributed by atoms with Crippen LogP contribution in [0.2, 0.25) is 0 Å². The summed E-state index contributed by atoms with van der Waals surface area (Å²) in [6, 6.07) is 10.1. The van der Waals surface area contributed by atoms with Crippen molar-refractivity contribution in [1.82, 2.24) is 9.88 Å². The van der Waals surface area contributed by atoms with E-state index >= 15 is 0 Å². The quantitative estimate of drug-likeness (QED) is 0.568. The van der Waals surface area contributed by atoms with E-state index < -0.39 is 29.6 Å². The van der Waals surface area contributed by atoms with Crippen LogP contribution >= 0.6 is 0 Å². The maximum atomic E-state index is 13.7. The van der Waals surface area contributed by atoms with Crippen molar-refractivity contribution in [1.29, 1.82) is 0 Å². The van der Waals surface area contributed by atoms with Crippen molar-refractivity contribution in [2.45, 2.75) is 18.1 Å². The average Bonchev–Trinajstić information content (AvgIpc) is 2.85. The van der Waals surface area contributed by atoms with Gasteiger partial charge in [-0.05, 0) is 47.5 Å². The number of benzene rings is 2. The van der Waals surface area contributed by atoms with Crippen LogP contribution in [0, 0.1) is 0 Å². The van der Waals surface area contributed by atoms with Gasteiger partial charge < -0.3 is 19.7 Å². The topological polar surface area (TPSA) is 80.8 Å². The van der Waals surface area contributed by atoms with Crippen LogP contribution in [-0.4, -0.2) is 43.0 Å². The molecule has 0 fully saturated rings. The third-order valence-corrected chi connectivity index (χ3v) is 5.94. The van der Waals surface area contributed by atoms with E-state index in [9.17, 15) is 22.8 Å². The number of halogens is 3. The molecule has 0 unspecified atom stereocenters. The number of hydrogen-bond acceptors (Lipinski definition) is 5. The molecule has 1 aliphatic rings. The molecule has 35 heavy (non-hydrogen) atoms. The molecule has 2 heterocycles. The van der Waals surface area contributed by atoms with Gasteiger partial charge in [-0.15, -0.1) is 0 Å². The van der Waals surface area contributed by atoms with Crippen LogP contribution in [-0.2, 0) is 11.0 Å². The molecular weight excluding hydrogens is 463 g/mol. The molecule has 10 heteroatoms. The smallest absolute Gasteiger partial charge is 0.416 e. The Hall–Kier alpha value is -4.08. The summed E-state index contributed by atoms with van der Waals surface area (Å²) in [4.78, 5) is 32.5. The van der Waals surface area contributed by atoms with Gasteiger partial charge in [-0.25, -0.2) is 0 Å². The standard InChI is InChI=1S/C25H22F3N3O4/c1-31-22(14-6-5-9-29-13-14)21(17-11-19(34-2)20(35-3)12-18(17)24(31)33)23(32)30-16-8-4-7-15(10-16)25(26,27)28/h4-13,21-22H,1-3H3,(H,30,32)/t21-,22-/m1/s1. The minimum absolute atomic E-state index is 0.0173. The Balaban J connectivity index is 1.85. The van der Waals surface area contributed by atoms with Crippen LogP contribution in [0.5, 0.6) is 11.5 Å². The van der Waals surface area contributed by atoms with Crippen LogP contribution in [0.3, 0.4) is 0 Å². The lowest BCUT2D eigenvalue weighted by atomic mass is 9.79. The molecule has 2 atom stereocenters. The molecule has 0 aliphatic carbocycles. The van der Waals surface area contributed by atoms with Crippen molar-refractivity contribution in [2.24, 2.45) is 0 Å². The van der Waals surface area contributed by atoms with E-state index in [1.807, 2.05) is 0 Å². The second-order valence-electron chi connectivity index (χ2n) is 7.99. The Bertz CT molecular complexity index is 1260. The molecule has 0 radical (unpaired) electrons. The van der Waals surface area contributed by atoms with Gasteiger partial charge in [0.2, 0.25) is 5.91 Å². The summed E-state index contributed by atoms with van der Waals surface area (Å²) < 4.78 is 50.3. The zero-order valence-electron chi connectivity index (χ0n) is 19.1. The van der Waals surface area contributed by atoms with Crippen LogP contribution in [0.1, 0.15) is 39.0 Å². The first-order chi connectivity index (χ1) is 16.7. The fraction of sp³-hybridized carbons (Fsp3) is 0.240. The third kappa shape index (κ3) is 4.51. The van der Waals surface area contributed by atoms with Gasteiger partial charge in [-0.1, -0.05) is 12.1 Å². The molecule has 0 saturated carbocycles. The molecule has 2 amide bonds. The first-order valence-corrected chi connectivity index (χ1v) is 10.6. The van der Waals surface area contributed by atoms with Crippen molar-refractivity contribution in [2.75, 3.05) is 26.6 Å². The Morgan fingerprint density at radius 3 is 2.40 bits per heavy atom. The number of likely N-dealkylation sites (N-methyl/N-ethyl adjacent to an activating group) is 1. The maximum Gasteiger partial charge on any atom is 0.416 e. The molecule has 1 aromatic heterocycles. The summed E-state index contributed by atoms with van der Waals surface area (Å²) in [7, 11) is 4.42. The van der Waals surface area contributed by atoms with Crippen LogP contribution < -0.4 is 14.8 Å². The molecule has 0 saturated heterocycles. The minimum atomic E-state index is -4.56. The summed E-state index contributed by atoms with van der Waals surface area (Å²) in [5, 5.41) is 2.60. The van der Waals surface area contributed by atoms with Crippen molar-refractivity contribution in [3.05, 3.63) is 83.2 Å². The number of amides is 2. The van der Waals surface area contributed by atoms with Crippen LogP contribution in [0.4, 0.5) is 18.9 Å². The van der Waals surface area contributed by atoms with Crippen molar-refractivity contribution >= 4 is 17.5 Å². The fourth-order valence-electron chi connectivity index (χ4n) is 4.29. The van der Waals surface area contributed by atoms with Gasteiger partial charge in [-0.2, -0.15) is 13.2 Å². The summed E-state index contributed by atoms with van der Waals surface area (Å²) in [5.41, 5.74) is 0.282. The molecular formula is C25H22F3N3O4. The molecule has 3 aromatic rings. The zero-order valence-corrected chi connectivity index (χ0v) is 19.1. The highest BCUT2D eigenvalue weighted by Crippen LogP contribution is 2.46. The van der Waals surface area contributed by atoms with Gasteiger partial charge >= 0.3 is 6.18 Å². The number of hydrogen-bond donors (Lipinski definition) is 1. The number of alkyl halides is 3. The molecule has 1 aliphatic heterocycles. The van der Waals surface area contributed by atoms with E-state index in [0.29, 0.717) is 22.6 Å². The van der Waals surface area contributed by atoms with Gasteiger partial charge in [-0.3, -0.25) is 14.6 Å². The summed E-state index contributed by atoms with van der Waals surface area (Å²) in [6.45, 7) is 0. The predicted molar refractivity (Wildman–Crippen MR) is 121 cm³/mol. The number of methoxy groups -OCH3 is 2. The second kappa shape index (κ2) is 9.28. The zero-order chi connectivity index (χ0) is 25.3. The van der Waals surface area contributed by atoms with Gasteiger partial charge in [0, 0.05) is 30.7 Å². The third-order valence-electron chi connectivity index (χ3n) is 5.94. The molecule has 2 aromatic carbocycles. The van der Waals surface area contributed by atoms with E-state index in [1.54, 1.807) is 37.6 Å². The number of carbonyl (C=O) groups excluding carboxylic acids is 2. The largest absolute Gasteiger partial charge is 0.493 e. The Morgan fingerprint density at radius 2 is 1.77 bits per heavy atom. The molecule has 0 spiro atoms. The molecule has 0 bridgehead atoms. The number of fused-ring (bicyclic) bond motifs is 1. The number of nitrogens with zero attached hydrogens (tertiary/aromatic N) is 2. The van der Waals surface area contributed by atoms with Gasteiger partial charge in [0.1, 0.15) is 0 Å². The minimum Gasteiger partial charge on any atom is -0.493 e. The van der Waals surface area contributed by atoms with Crippen LogP contribution in [0.15, 0.2) is 60.9 Å². The number of rotatable bonds is 5. The van der Waals surface area contributed by atoms with E-state index in [0.717, 1.165) is 12.1 Å². The fourth-order valence-corrected chi connectivity index (χ4v) is 4.29. The first-order valence-electron chi connectivity index (χ1n) is 10.6. The lowest BCUT2D eigenvalue weighted by molar-refractivity contribution is -0.137. The van der Waals surface area contributed by atoms with E-state index in [1.165, 1.54) is 37.3 Å². The van der Waals surface area contributed by atoms with Crippen molar-refractivity contribution < 1.29 is 32.2 Å². The number of nitrogens with one attached hydrogen (secondary N) is 1. The number of carbonyl (C=O) groups is 2. The van der Waals surface area contributed by atoms with E-state index in [4.69, 9.17) is 9.47 Å². The molecule has 7 nitrogen and oxygen atoms in total. The van der Waals surface area contributed by atoms with E-state index in [-0.39, 0.29) is 17.2 Å². The second-order valence-corrected chi connectivity index (χ2v) is 7.99. The number of aromatic nitrogens is 1. The summed E-state index contributed by atoms with van der Waals surface area (Å²) in [6.07, 6.45) is -1.45.